The van der Waals surface area contributed by atoms with Crippen LogP contribution in [0.1, 0.15) is 78.0 Å². The largest absolute Gasteiger partial charge is 0.448 e. The molecule has 4 N–H and O–H groups in total. The molecular weight excluding hydrogens is 664 g/mol. The van der Waals surface area contributed by atoms with E-state index < -0.39 is 59.6 Å². The number of oxazole rings is 1. The van der Waals surface area contributed by atoms with Crippen molar-refractivity contribution in [1.29, 1.82) is 0 Å². The highest BCUT2D eigenvalue weighted by Crippen LogP contribution is 2.23. The van der Waals surface area contributed by atoms with E-state index in [2.05, 4.69) is 31.2 Å². The number of carbonyl (C=O) groups is 6. The Balaban J connectivity index is 1.69. The summed E-state index contributed by atoms with van der Waals surface area (Å²) in [7, 11) is 1.53. The maximum absolute atomic E-state index is 13.7. The van der Waals surface area contributed by atoms with Crippen molar-refractivity contribution in [3.05, 3.63) is 69.8 Å². The van der Waals surface area contributed by atoms with E-state index >= 15 is 0 Å². The van der Waals surface area contributed by atoms with Gasteiger partial charge in [-0.25, -0.2) is 9.97 Å². The van der Waals surface area contributed by atoms with Gasteiger partial charge in [-0.15, -0.1) is 11.3 Å². The molecule has 0 saturated carbocycles. The third-order valence-electron chi connectivity index (χ3n) is 8.26. The number of aromatic nitrogens is 2. The number of thiazole rings is 1. The molecule has 2 bridgehead atoms. The van der Waals surface area contributed by atoms with Gasteiger partial charge in [0, 0.05) is 31.9 Å². The van der Waals surface area contributed by atoms with Crippen molar-refractivity contribution in [3.63, 3.8) is 0 Å². The van der Waals surface area contributed by atoms with Gasteiger partial charge in [0.25, 0.3) is 11.8 Å². The van der Waals surface area contributed by atoms with E-state index in [0.29, 0.717) is 23.6 Å². The predicted octanol–water partition coefficient (Wildman–Crippen LogP) is 1.47. The van der Waals surface area contributed by atoms with Gasteiger partial charge in [-0.2, -0.15) is 0 Å². The van der Waals surface area contributed by atoms with E-state index in [1.807, 2.05) is 37.3 Å². The summed E-state index contributed by atoms with van der Waals surface area (Å²) in [5, 5.41) is 12.9. The van der Waals surface area contributed by atoms with Crippen molar-refractivity contribution in [3.8, 4) is 0 Å². The van der Waals surface area contributed by atoms with Crippen LogP contribution in [0.4, 0.5) is 0 Å². The standard InChI is InChI=1S/C34H44N8O7S/c1-7-25-28(35-18-49-25)34(48)42-14-13-41(6)33(47)21(5)37-31(46)27(19(2)3)40-29(44)20(4)36-30(45)24-17-50-32(39-24)23(38-26(43)16-42)15-22-11-9-8-10-12-22/h8-12,17-21,23,27H,7,13-16H2,1-6H3,(H,36,45)(H,37,46)(H,38,43)(H,40,44)/t20-,21+,23-,27-/m0/s1. The number of fused-ring (bicyclic) bond motifs is 2. The average molecular weight is 709 g/mol. The van der Waals surface area contributed by atoms with Crippen molar-refractivity contribution >= 4 is 46.8 Å². The Morgan fingerprint density at radius 2 is 1.70 bits per heavy atom. The highest BCUT2D eigenvalue weighted by atomic mass is 32.1. The zero-order valence-corrected chi connectivity index (χ0v) is 29.8. The second-order valence-corrected chi connectivity index (χ2v) is 13.4. The molecule has 0 fully saturated rings. The van der Waals surface area contributed by atoms with Crippen molar-refractivity contribution in [2.75, 3.05) is 26.7 Å². The van der Waals surface area contributed by atoms with Crippen molar-refractivity contribution < 1.29 is 33.2 Å². The first-order valence-electron chi connectivity index (χ1n) is 16.5. The molecule has 15 nitrogen and oxygen atoms in total. The van der Waals surface area contributed by atoms with Gasteiger partial charge in [0.15, 0.2) is 12.1 Å². The first kappa shape index (κ1) is 37.7. The van der Waals surface area contributed by atoms with Crippen LogP contribution < -0.4 is 21.3 Å². The van der Waals surface area contributed by atoms with Crippen LogP contribution in [0.2, 0.25) is 0 Å². The quantitative estimate of drug-likeness (QED) is 0.304. The first-order chi connectivity index (χ1) is 23.8. The van der Waals surface area contributed by atoms with Crippen LogP contribution in [-0.2, 0) is 32.0 Å². The fraction of sp³-hybridized carbons (Fsp3) is 0.471. The smallest absolute Gasteiger partial charge is 0.276 e. The van der Waals surface area contributed by atoms with Crippen LogP contribution >= 0.6 is 11.3 Å². The number of carbonyl (C=O) groups excluding carboxylic acids is 6. The van der Waals surface area contributed by atoms with Crippen LogP contribution in [0.15, 0.2) is 46.5 Å². The Hall–Kier alpha value is -5.12. The van der Waals surface area contributed by atoms with Gasteiger partial charge in [-0.1, -0.05) is 51.1 Å². The van der Waals surface area contributed by atoms with E-state index in [4.69, 9.17) is 4.42 Å². The van der Waals surface area contributed by atoms with E-state index in [0.717, 1.165) is 5.56 Å². The molecule has 16 heteroatoms. The fourth-order valence-corrected chi connectivity index (χ4v) is 6.19. The number of nitrogens with one attached hydrogen (secondary N) is 4. The van der Waals surface area contributed by atoms with Crippen LogP contribution in [0.25, 0.3) is 0 Å². The molecule has 4 rings (SSSR count). The fourth-order valence-electron chi connectivity index (χ4n) is 5.34. The Morgan fingerprint density at radius 3 is 2.38 bits per heavy atom. The maximum atomic E-state index is 13.7. The predicted molar refractivity (Wildman–Crippen MR) is 184 cm³/mol. The van der Waals surface area contributed by atoms with Crippen LogP contribution in [0.5, 0.6) is 0 Å². The zero-order chi connectivity index (χ0) is 36.5. The maximum Gasteiger partial charge on any atom is 0.276 e. The molecule has 268 valence electrons. The number of nitrogens with zero attached hydrogens (tertiary/aromatic N) is 4. The lowest BCUT2D eigenvalue weighted by molar-refractivity contribution is -0.136. The Labute approximate surface area is 294 Å². The summed E-state index contributed by atoms with van der Waals surface area (Å²) < 4.78 is 5.38. The zero-order valence-electron chi connectivity index (χ0n) is 29.0. The van der Waals surface area contributed by atoms with Gasteiger partial charge in [-0.3, -0.25) is 28.8 Å². The van der Waals surface area contributed by atoms with Crippen molar-refractivity contribution in [1.82, 2.24) is 41.0 Å². The number of aryl methyl sites for hydroxylation is 1. The molecule has 1 aliphatic heterocycles. The molecule has 2 aromatic heterocycles. The molecule has 0 radical (unpaired) electrons. The third kappa shape index (κ3) is 9.52. The summed E-state index contributed by atoms with van der Waals surface area (Å²) in [5.74, 6) is -3.29. The van der Waals surface area contributed by atoms with E-state index in [1.165, 1.54) is 53.8 Å². The average Bonchev–Trinajstić information content (AvgIpc) is 3.78. The van der Waals surface area contributed by atoms with Gasteiger partial charge in [-0.05, 0) is 31.7 Å². The lowest BCUT2D eigenvalue weighted by atomic mass is 10.0. The SMILES string of the molecule is CCc1ocnc1C(=O)N1CCN(C)C(=O)[C@@H](C)NC(=O)[C@H](C(C)C)NC(=O)[C@H](C)NC(=O)c2csc(n2)[C@H](Cc2ccccc2)NC(=O)C1. The lowest BCUT2D eigenvalue weighted by Gasteiger charge is -2.29. The normalized spacial score (nSPS) is 21.9. The van der Waals surface area contributed by atoms with Crippen molar-refractivity contribution in [2.24, 2.45) is 5.92 Å². The molecule has 6 amide bonds. The Bertz CT molecular complexity index is 1690. The molecule has 50 heavy (non-hydrogen) atoms. The van der Waals surface area contributed by atoms with Gasteiger partial charge in [0.1, 0.15) is 34.6 Å². The topological polar surface area (TPSA) is 196 Å². The minimum absolute atomic E-state index is 0.0241. The van der Waals surface area contributed by atoms with E-state index in [9.17, 15) is 28.8 Å². The summed E-state index contributed by atoms with van der Waals surface area (Å²) in [6.45, 7) is 7.91. The molecule has 0 saturated heterocycles. The summed E-state index contributed by atoms with van der Waals surface area (Å²) >= 11 is 1.17. The molecule has 3 aromatic rings. The molecule has 4 atom stereocenters. The third-order valence-corrected chi connectivity index (χ3v) is 9.21. The van der Waals surface area contributed by atoms with Gasteiger partial charge in [0.05, 0.1) is 12.6 Å². The second kappa shape index (κ2) is 17.0. The van der Waals surface area contributed by atoms with Gasteiger partial charge < -0.3 is 35.5 Å². The number of amides is 6. The minimum atomic E-state index is -1.03. The van der Waals surface area contributed by atoms with Crippen molar-refractivity contribution in [2.45, 2.75) is 71.6 Å². The summed E-state index contributed by atoms with van der Waals surface area (Å²) in [6.07, 6.45) is 1.90. The second-order valence-electron chi connectivity index (χ2n) is 12.5. The number of hydrogen-bond acceptors (Lipinski definition) is 10. The first-order valence-corrected chi connectivity index (χ1v) is 17.3. The van der Waals surface area contributed by atoms with Crippen LogP contribution in [0.3, 0.4) is 0 Å². The Morgan fingerprint density at radius 1 is 0.980 bits per heavy atom. The molecule has 1 aromatic carbocycles. The number of hydrogen-bond donors (Lipinski definition) is 4. The summed E-state index contributed by atoms with van der Waals surface area (Å²) in [5.41, 5.74) is 1.01. The number of benzene rings is 1. The molecule has 0 spiro atoms. The van der Waals surface area contributed by atoms with Crippen LogP contribution in [0, 0.1) is 5.92 Å². The van der Waals surface area contributed by atoms with E-state index in [1.54, 1.807) is 13.8 Å². The molecular formula is C34H44N8O7S. The summed E-state index contributed by atoms with van der Waals surface area (Å²) in [4.78, 5) is 91.6. The monoisotopic (exact) mass is 708 g/mol. The van der Waals surface area contributed by atoms with Gasteiger partial charge in [0.2, 0.25) is 23.6 Å². The number of rotatable bonds is 5. The minimum Gasteiger partial charge on any atom is -0.448 e. The summed E-state index contributed by atoms with van der Waals surface area (Å²) in [6, 6.07) is 5.73. The molecule has 0 unspecified atom stereocenters. The highest BCUT2D eigenvalue weighted by molar-refractivity contribution is 7.09. The van der Waals surface area contributed by atoms with Gasteiger partial charge >= 0.3 is 0 Å². The number of likely N-dealkylation sites (N-methyl/N-ethyl adjacent to an activating group) is 1. The highest BCUT2D eigenvalue weighted by Gasteiger charge is 2.32. The Kier molecular flexibility index (Phi) is 12.8. The molecule has 3 heterocycles. The lowest BCUT2D eigenvalue weighted by Crippen LogP contribution is -2.57. The van der Waals surface area contributed by atoms with Crippen LogP contribution in [-0.4, -0.2) is 100 Å². The molecule has 1 aliphatic rings. The molecule has 0 aliphatic carbocycles. The van der Waals surface area contributed by atoms with E-state index in [-0.39, 0.29) is 36.9 Å².